The summed E-state index contributed by atoms with van der Waals surface area (Å²) in [5.74, 6) is 1.42. The first-order valence-electron chi connectivity index (χ1n) is 8.11. The minimum Gasteiger partial charge on any atom is -0.329 e. The van der Waals surface area contributed by atoms with Crippen LogP contribution in [0.4, 0.5) is 0 Å². The van der Waals surface area contributed by atoms with E-state index in [4.69, 9.17) is 23.2 Å². The van der Waals surface area contributed by atoms with Crippen LogP contribution in [-0.2, 0) is 13.1 Å². The number of fused-ring (bicyclic) bond motifs is 2. The number of carbonyl (C=O) groups is 1. The first-order valence-corrected chi connectivity index (χ1v) is 10.6. The number of halogens is 2. The molecule has 0 unspecified atom stereocenters. The molecule has 1 aliphatic heterocycles. The Morgan fingerprint density at radius 1 is 1.11 bits per heavy atom. The van der Waals surface area contributed by atoms with Gasteiger partial charge in [0.15, 0.2) is 16.7 Å². The van der Waals surface area contributed by atoms with E-state index in [9.17, 15) is 4.79 Å². The van der Waals surface area contributed by atoms with Gasteiger partial charge in [-0.2, -0.15) is 0 Å². The van der Waals surface area contributed by atoms with E-state index >= 15 is 0 Å². The molecular weight excluding hydrogens is 425 g/mol. The fourth-order valence-corrected chi connectivity index (χ4v) is 5.29. The maximum Gasteiger partial charge on any atom is 0.254 e. The number of benzene rings is 1. The molecule has 0 fully saturated rings. The Kier molecular flexibility index (Phi) is 4.16. The van der Waals surface area contributed by atoms with Gasteiger partial charge < -0.3 is 9.47 Å². The van der Waals surface area contributed by atoms with Crippen LogP contribution in [0.3, 0.4) is 0 Å². The summed E-state index contributed by atoms with van der Waals surface area (Å²) in [5.41, 5.74) is 1.50. The maximum absolute atomic E-state index is 12.8. The summed E-state index contributed by atoms with van der Waals surface area (Å²) in [6, 6.07) is 6.92. The van der Waals surface area contributed by atoms with E-state index in [1.54, 1.807) is 45.8 Å². The first-order chi connectivity index (χ1) is 13.1. The molecular formula is C17H11Cl2N5OS2. The molecule has 5 rings (SSSR count). The van der Waals surface area contributed by atoms with E-state index < -0.39 is 0 Å². The Morgan fingerprint density at radius 3 is 2.81 bits per heavy atom. The third-order valence-electron chi connectivity index (χ3n) is 4.42. The van der Waals surface area contributed by atoms with Crippen molar-refractivity contribution >= 4 is 61.3 Å². The van der Waals surface area contributed by atoms with Crippen molar-refractivity contribution in [2.75, 3.05) is 6.54 Å². The van der Waals surface area contributed by atoms with Crippen LogP contribution in [0.15, 0.2) is 29.6 Å². The molecule has 0 bridgehead atoms. The van der Waals surface area contributed by atoms with Crippen LogP contribution >= 0.6 is 45.9 Å². The summed E-state index contributed by atoms with van der Waals surface area (Å²) in [6.45, 7) is 1.58. The smallest absolute Gasteiger partial charge is 0.254 e. The third-order valence-corrected chi connectivity index (χ3v) is 7.25. The van der Waals surface area contributed by atoms with Gasteiger partial charge in [-0.05, 0) is 29.6 Å². The highest BCUT2D eigenvalue weighted by Gasteiger charge is 2.27. The zero-order chi connectivity index (χ0) is 18.5. The molecule has 0 atom stereocenters. The molecule has 1 amide bonds. The Bertz CT molecular complexity index is 1150. The van der Waals surface area contributed by atoms with Crippen molar-refractivity contribution in [3.63, 3.8) is 0 Å². The second-order valence-corrected chi connectivity index (χ2v) is 9.05. The minimum absolute atomic E-state index is 0.0980. The third kappa shape index (κ3) is 2.93. The molecule has 1 aliphatic rings. The van der Waals surface area contributed by atoms with Crippen molar-refractivity contribution in [2.45, 2.75) is 13.1 Å². The molecule has 0 radical (unpaired) electrons. The number of carbonyl (C=O) groups excluding carboxylic acids is 1. The summed E-state index contributed by atoms with van der Waals surface area (Å²) in [6.07, 6.45) is 0. The summed E-state index contributed by atoms with van der Waals surface area (Å²) in [5, 5.41) is 12.3. The fraction of sp³-hybridized carbons (Fsp3) is 0.176. The molecule has 10 heteroatoms. The summed E-state index contributed by atoms with van der Waals surface area (Å²) in [4.78, 5) is 19.2. The van der Waals surface area contributed by atoms with Gasteiger partial charge in [0.25, 0.3) is 5.91 Å². The molecule has 0 saturated carbocycles. The van der Waals surface area contributed by atoms with Crippen LogP contribution in [0.1, 0.15) is 16.2 Å². The highest BCUT2D eigenvalue weighted by atomic mass is 35.5. The predicted octanol–water partition coefficient (Wildman–Crippen LogP) is 4.58. The Morgan fingerprint density at radius 2 is 2.00 bits per heavy atom. The molecule has 4 heterocycles. The quantitative estimate of drug-likeness (QED) is 0.462. The average molecular weight is 436 g/mol. The van der Waals surface area contributed by atoms with Crippen molar-refractivity contribution in [3.8, 4) is 10.8 Å². The van der Waals surface area contributed by atoms with Gasteiger partial charge in [-0.25, -0.2) is 4.98 Å². The molecule has 136 valence electrons. The second-order valence-electron chi connectivity index (χ2n) is 6.06. The number of rotatable bonds is 2. The molecule has 0 N–H and O–H groups in total. The largest absolute Gasteiger partial charge is 0.329 e. The summed E-state index contributed by atoms with van der Waals surface area (Å²) in [7, 11) is 0. The van der Waals surface area contributed by atoms with Crippen LogP contribution in [0, 0.1) is 0 Å². The Labute approximate surface area is 172 Å². The molecule has 0 aliphatic carbocycles. The van der Waals surface area contributed by atoms with Gasteiger partial charge >= 0.3 is 0 Å². The molecule has 0 saturated heterocycles. The standard InChI is InChI=1S/C17H11Cl2N5OS2/c18-10-2-1-9(7-11(10)19)16(25)23-4-5-24-13(8-23)21-22-14(24)15-20-12-3-6-26-17(12)27-15/h1-3,6-7H,4-5,8H2. The van der Waals surface area contributed by atoms with Crippen molar-refractivity contribution in [2.24, 2.45) is 0 Å². The minimum atomic E-state index is -0.0980. The summed E-state index contributed by atoms with van der Waals surface area (Å²) < 4.78 is 3.22. The van der Waals surface area contributed by atoms with Gasteiger partial charge in [0.1, 0.15) is 4.01 Å². The van der Waals surface area contributed by atoms with Crippen LogP contribution < -0.4 is 0 Å². The molecule has 6 nitrogen and oxygen atoms in total. The van der Waals surface area contributed by atoms with E-state index in [0.717, 1.165) is 22.2 Å². The lowest BCUT2D eigenvalue weighted by Gasteiger charge is -2.27. The molecule has 3 aromatic heterocycles. The van der Waals surface area contributed by atoms with Gasteiger partial charge in [-0.15, -0.1) is 21.5 Å². The Hall–Kier alpha value is -2.00. The number of thiazole rings is 1. The topological polar surface area (TPSA) is 63.9 Å². The molecule has 4 aromatic rings. The van der Waals surface area contributed by atoms with E-state index in [0.29, 0.717) is 35.2 Å². The van der Waals surface area contributed by atoms with Gasteiger partial charge in [0, 0.05) is 18.7 Å². The van der Waals surface area contributed by atoms with Crippen LogP contribution in [0.25, 0.3) is 20.4 Å². The number of aromatic nitrogens is 4. The number of hydrogen-bond donors (Lipinski definition) is 0. The molecule has 1 aromatic carbocycles. The Balaban J connectivity index is 1.42. The number of amides is 1. The van der Waals surface area contributed by atoms with E-state index in [-0.39, 0.29) is 5.91 Å². The van der Waals surface area contributed by atoms with E-state index in [1.165, 1.54) is 4.01 Å². The molecule has 27 heavy (non-hydrogen) atoms. The lowest BCUT2D eigenvalue weighted by atomic mass is 10.2. The van der Waals surface area contributed by atoms with Gasteiger partial charge in [-0.1, -0.05) is 34.5 Å². The maximum atomic E-state index is 12.8. The lowest BCUT2D eigenvalue weighted by molar-refractivity contribution is 0.0708. The van der Waals surface area contributed by atoms with E-state index in [2.05, 4.69) is 15.2 Å². The van der Waals surface area contributed by atoms with E-state index in [1.807, 2.05) is 16.0 Å². The average Bonchev–Trinajstić information content (AvgIpc) is 3.36. The highest BCUT2D eigenvalue weighted by molar-refractivity contribution is 7.38. The highest BCUT2D eigenvalue weighted by Crippen LogP contribution is 2.33. The zero-order valence-electron chi connectivity index (χ0n) is 13.7. The van der Waals surface area contributed by atoms with Crippen molar-refractivity contribution in [3.05, 3.63) is 51.1 Å². The predicted molar refractivity (Wildman–Crippen MR) is 108 cm³/mol. The van der Waals surface area contributed by atoms with Crippen molar-refractivity contribution in [1.82, 2.24) is 24.6 Å². The zero-order valence-corrected chi connectivity index (χ0v) is 16.9. The second kappa shape index (κ2) is 6.56. The summed E-state index contributed by atoms with van der Waals surface area (Å²) >= 11 is 15.3. The first kappa shape index (κ1) is 17.1. The monoisotopic (exact) mass is 435 g/mol. The van der Waals surface area contributed by atoms with Gasteiger partial charge in [0.05, 0.1) is 22.1 Å². The van der Waals surface area contributed by atoms with Gasteiger partial charge in [-0.3, -0.25) is 4.79 Å². The number of nitrogens with zero attached hydrogens (tertiary/aromatic N) is 5. The van der Waals surface area contributed by atoms with Crippen LogP contribution in [-0.4, -0.2) is 37.1 Å². The lowest BCUT2D eigenvalue weighted by Crippen LogP contribution is -2.38. The molecule has 0 spiro atoms. The fourth-order valence-electron chi connectivity index (χ4n) is 3.06. The number of hydrogen-bond acceptors (Lipinski definition) is 6. The SMILES string of the molecule is O=C(c1ccc(Cl)c(Cl)c1)N1CCn2c(nnc2-c2nc3ccsc3s2)C1. The van der Waals surface area contributed by atoms with Crippen molar-refractivity contribution in [1.29, 1.82) is 0 Å². The van der Waals surface area contributed by atoms with Crippen molar-refractivity contribution < 1.29 is 4.79 Å². The van der Waals surface area contributed by atoms with Gasteiger partial charge in [0.2, 0.25) is 0 Å². The van der Waals surface area contributed by atoms with Crippen LogP contribution in [0.2, 0.25) is 10.0 Å². The van der Waals surface area contributed by atoms with Crippen LogP contribution in [0.5, 0.6) is 0 Å². The normalized spacial score (nSPS) is 13.9. The number of thiophene rings is 1.